The van der Waals surface area contributed by atoms with Gasteiger partial charge in [-0.25, -0.2) is 0 Å². The lowest BCUT2D eigenvalue weighted by Gasteiger charge is -2.24. The van der Waals surface area contributed by atoms with E-state index in [1.807, 2.05) is 12.1 Å². The Morgan fingerprint density at radius 1 is 1.19 bits per heavy atom. The Morgan fingerprint density at radius 2 is 2.00 bits per heavy atom. The van der Waals surface area contributed by atoms with E-state index in [2.05, 4.69) is 30.3 Å². The largest absolute Gasteiger partial charge is 0.465 e. The zero-order valence-corrected chi connectivity index (χ0v) is 11.8. The third kappa shape index (κ3) is 1.95. The molecule has 3 heteroatoms. The zero-order chi connectivity index (χ0) is 14.4. The van der Waals surface area contributed by atoms with Crippen LogP contribution < -0.4 is 0 Å². The van der Waals surface area contributed by atoms with Crippen molar-refractivity contribution in [3.05, 3.63) is 48.0 Å². The highest BCUT2D eigenvalue weighted by Gasteiger charge is 2.57. The average Bonchev–Trinajstić information content (AvgIpc) is 2.94. The summed E-state index contributed by atoms with van der Waals surface area (Å²) in [7, 11) is 0. The highest BCUT2D eigenvalue weighted by molar-refractivity contribution is 5.84. The number of aliphatic hydroxyl groups is 1. The summed E-state index contributed by atoms with van der Waals surface area (Å²) in [6.07, 6.45) is 1.50. The van der Waals surface area contributed by atoms with Crippen LogP contribution in [0.1, 0.15) is 18.4 Å². The number of aliphatic hydroxyl groups excluding tert-OH is 1. The number of hydrogen-bond donors (Lipinski definition) is 1. The van der Waals surface area contributed by atoms with Crippen LogP contribution in [-0.2, 0) is 16.0 Å². The van der Waals surface area contributed by atoms with Gasteiger partial charge in [-0.15, -0.1) is 0 Å². The highest BCUT2D eigenvalue weighted by Crippen LogP contribution is 2.50. The van der Waals surface area contributed by atoms with Gasteiger partial charge >= 0.3 is 5.97 Å². The van der Waals surface area contributed by atoms with Crippen molar-refractivity contribution in [3.63, 3.8) is 0 Å². The first-order valence-electron chi connectivity index (χ1n) is 7.50. The SMILES string of the molecule is O=C1OC[C@H]2C[C@@H](O)C[C@]12Cc1ccc2ccccc2c1. The van der Waals surface area contributed by atoms with Gasteiger partial charge in [0.2, 0.25) is 0 Å². The van der Waals surface area contributed by atoms with E-state index in [0.29, 0.717) is 25.9 Å². The van der Waals surface area contributed by atoms with Crippen LogP contribution in [0.25, 0.3) is 10.8 Å². The van der Waals surface area contributed by atoms with Gasteiger partial charge in [0.05, 0.1) is 18.1 Å². The molecule has 3 nitrogen and oxygen atoms in total. The first-order chi connectivity index (χ1) is 10.2. The summed E-state index contributed by atoms with van der Waals surface area (Å²) in [5, 5.41) is 12.4. The number of cyclic esters (lactones) is 1. The maximum absolute atomic E-state index is 12.3. The molecule has 0 unspecified atom stereocenters. The van der Waals surface area contributed by atoms with E-state index >= 15 is 0 Å². The van der Waals surface area contributed by atoms with E-state index in [9.17, 15) is 9.90 Å². The number of fused-ring (bicyclic) bond motifs is 2. The van der Waals surface area contributed by atoms with Crippen molar-refractivity contribution in [2.45, 2.75) is 25.4 Å². The average molecular weight is 282 g/mol. The van der Waals surface area contributed by atoms with Crippen LogP contribution in [-0.4, -0.2) is 23.8 Å². The fraction of sp³-hybridized carbons (Fsp3) is 0.389. The fourth-order valence-electron chi connectivity index (χ4n) is 4.02. The Bertz CT molecular complexity index is 708. The number of rotatable bonds is 2. The molecule has 1 heterocycles. The van der Waals surface area contributed by atoms with E-state index in [1.165, 1.54) is 10.8 Å². The molecule has 108 valence electrons. The number of esters is 1. The fourth-order valence-corrected chi connectivity index (χ4v) is 4.02. The van der Waals surface area contributed by atoms with E-state index in [1.54, 1.807) is 0 Å². The molecule has 2 aliphatic rings. The minimum atomic E-state index is -0.512. The van der Waals surface area contributed by atoms with Crippen LogP contribution in [0.15, 0.2) is 42.5 Å². The van der Waals surface area contributed by atoms with Crippen LogP contribution in [0, 0.1) is 11.3 Å². The van der Waals surface area contributed by atoms with Crippen LogP contribution >= 0.6 is 0 Å². The third-order valence-corrected chi connectivity index (χ3v) is 5.09. The molecule has 21 heavy (non-hydrogen) atoms. The Kier molecular flexibility index (Phi) is 2.79. The molecule has 4 rings (SSSR count). The van der Waals surface area contributed by atoms with Crippen molar-refractivity contribution < 1.29 is 14.6 Å². The molecule has 0 amide bonds. The summed E-state index contributed by atoms with van der Waals surface area (Å²) in [6.45, 7) is 0.462. The maximum atomic E-state index is 12.3. The molecule has 3 atom stereocenters. The summed E-state index contributed by atoms with van der Waals surface area (Å²) in [5.41, 5.74) is 0.633. The summed E-state index contributed by atoms with van der Waals surface area (Å²) < 4.78 is 5.28. The third-order valence-electron chi connectivity index (χ3n) is 5.09. The lowest BCUT2D eigenvalue weighted by Crippen LogP contribution is -2.32. The quantitative estimate of drug-likeness (QED) is 0.861. The van der Waals surface area contributed by atoms with E-state index in [4.69, 9.17) is 4.74 Å². The second kappa shape index (κ2) is 4.57. The molecule has 1 saturated heterocycles. The number of carbonyl (C=O) groups excluding carboxylic acids is 1. The standard InChI is InChI=1S/C18H18O3/c19-16-8-15-11-21-17(20)18(15,10-16)9-12-5-6-13-3-1-2-4-14(13)7-12/h1-7,15-16,19H,8-11H2/t15-,16-,18+/m1/s1. The minimum absolute atomic E-state index is 0.128. The smallest absolute Gasteiger partial charge is 0.312 e. The van der Waals surface area contributed by atoms with Crippen LogP contribution in [0.3, 0.4) is 0 Å². The number of hydrogen-bond acceptors (Lipinski definition) is 3. The van der Waals surface area contributed by atoms with Gasteiger partial charge < -0.3 is 9.84 Å². The van der Waals surface area contributed by atoms with Crippen molar-refractivity contribution >= 4 is 16.7 Å². The monoisotopic (exact) mass is 282 g/mol. The maximum Gasteiger partial charge on any atom is 0.312 e. The lowest BCUT2D eigenvalue weighted by atomic mass is 9.75. The van der Waals surface area contributed by atoms with Gasteiger partial charge in [-0.3, -0.25) is 4.79 Å². The highest BCUT2D eigenvalue weighted by atomic mass is 16.5. The molecular weight excluding hydrogens is 264 g/mol. The Hall–Kier alpha value is -1.87. The normalized spacial score (nSPS) is 31.4. The van der Waals surface area contributed by atoms with Gasteiger partial charge in [0, 0.05) is 5.92 Å². The molecule has 0 aromatic heterocycles. The second-order valence-corrected chi connectivity index (χ2v) is 6.40. The van der Waals surface area contributed by atoms with Gasteiger partial charge in [-0.1, -0.05) is 42.5 Å². The van der Waals surface area contributed by atoms with Gasteiger partial charge in [0.1, 0.15) is 0 Å². The molecule has 2 aromatic rings. The topological polar surface area (TPSA) is 46.5 Å². The lowest BCUT2D eigenvalue weighted by molar-refractivity contribution is -0.147. The summed E-state index contributed by atoms with van der Waals surface area (Å²) >= 11 is 0. The summed E-state index contributed by atoms with van der Waals surface area (Å²) in [5.74, 6) is 0.0312. The Balaban J connectivity index is 1.71. The molecule has 1 aliphatic heterocycles. The van der Waals surface area contributed by atoms with Gasteiger partial charge in [0.15, 0.2) is 0 Å². The molecule has 1 aliphatic carbocycles. The molecule has 0 bridgehead atoms. The van der Waals surface area contributed by atoms with Crippen molar-refractivity contribution in [2.75, 3.05) is 6.61 Å². The molecule has 0 spiro atoms. The molecule has 0 radical (unpaired) electrons. The second-order valence-electron chi connectivity index (χ2n) is 6.40. The van der Waals surface area contributed by atoms with Crippen molar-refractivity contribution in [1.82, 2.24) is 0 Å². The summed E-state index contributed by atoms with van der Waals surface area (Å²) in [6, 6.07) is 14.6. The van der Waals surface area contributed by atoms with E-state index in [-0.39, 0.29) is 18.0 Å². The molecule has 2 aromatic carbocycles. The number of benzene rings is 2. The van der Waals surface area contributed by atoms with E-state index in [0.717, 1.165) is 5.56 Å². The van der Waals surface area contributed by atoms with Crippen LogP contribution in [0.5, 0.6) is 0 Å². The van der Waals surface area contributed by atoms with Crippen LogP contribution in [0.4, 0.5) is 0 Å². The zero-order valence-electron chi connectivity index (χ0n) is 11.8. The predicted octanol–water partition coefficient (Wildman–Crippen LogP) is 2.70. The molecular formula is C18H18O3. The van der Waals surface area contributed by atoms with Crippen molar-refractivity contribution in [1.29, 1.82) is 0 Å². The minimum Gasteiger partial charge on any atom is -0.465 e. The van der Waals surface area contributed by atoms with Gasteiger partial charge in [0.25, 0.3) is 0 Å². The van der Waals surface area contributed by atoms with Gasteiger partial charge in [-0.05, 0) is 35.6 Å². The first kappa shape index (κ1) is 12.8. The number of carbonyl (C=O) groups is 1. The first-order valence-corrected chi connectivity index (χ1v) is 7.50. The van der Waals surface area contributed by atoms with Crippen molar-refractivity contribution in [2.24, 2.45) is 11.3 Å². The number of ether oxygens (including phenoxy) is 1. The predicted molar refractivity (Wildman–Crippen MR) is 79.8 cm³/mol. The summed E-state index contributed by atoms with van der Waals surface area (Å²) in [4.78, 5) is 12.3. The van der Waals surface area contributed by atoms with Crippen molar-refractivity contribution in [3.8, 4) is 0 Å². The molecule has 1 N–H and O–H groups in total. The van der Waals surface area contributed by atoms with E-state index < -0.39 is 5.41 Å². The Morgan fingerprint density at radius 3 is 2.86 bits per heavy atom. The van der Waals surface area contributed by atoms with Gasteiger partial charge in [-0.2, -0.15) is 0 Å². The molecule has 1 saturated carbocycles. The van der Waals surface area contributed by atoms with Crippen LogP contribution in [0.2, 0.25) is 0 Å². The molecule has 2 fully saturated rings. The Labute approximate surface area is 123 Å².